The molecular formula is C59H106O6. The van der Waals surface area contributed by atoms with E-state index in [1.807, 2.05) is 0 Å². The van der Waals surface area contributed by atoms with E-state index in [4.69, 9.17) is 14.2 Å². The largest absolute Gasteiger partial charge is 0.462 e. The van der Waals surface area contributed by atoms with Crippen molar-refractivity contribution in [1.82, 2.24) is 0 Å². The molecule has 0 spiro atoms. The molecule has 0 saturated heterocycles. The summed E-state index contributed by atoms with van der Waals surface area (Å²) in [6.07, 6.45) is 65.2. The van der Waals surface area contributed by atoms with E-state index in [0.29, 0.717) is 19.3 Å². The smallest absolute Gasteiger partial charge is 0.306 e. The zero-order chi connectivity index (χ0) is 47.2. The molecule has 0 N–H and O–H groups in total. The maximum atomic E-state index is 12.8. The fraction of sp³-hybridized carbons (Fsp3) is 0.814. The lowest BCUT2D eigenvalue weighted by atomic mass is 10.0. The molecule has 0 aliphatic rings. The van der Waals surface area contributed by atoms with E-state index >= 15 is 0 Å². The minimum Gasteiger partial charge on any atom is -0.462 e. The SMILES string of the molecule is CCCCC/C=C\C/C=C\C/C=C\CCCCC(=O)OC[C@H](COC(=O)CCCCCCCCC/C=C\CCCCCC)OC(=O)CCCCCCCCCCCCCCCCCCC. The van der Waals surface area contributed by atoms with Crippen molar-refractivity contribution < 1.29 is 28.6 Å². The molecule has 0 rings (SSSR count). The number of esters is 3. The molecule has 0 bridgehead atoms. The quantitative estimate of drug-likeness (QED) is 0.0262. The molecule has 0 amide bonds. The first kappa shape index (κ1) is 62.4. The van der Waals surface area contributed by atoms with Crippen LogP contribution in [-0.2, 0) is 28.6 Å². The van der Waals surface area contributed by atoms with Crippen molar-refractivity contribution in [2.24, 2.45) is 0 Å². The summed E-state index contributed by atoms with van der Waals surface area (Å²) in [5, 5.41) is 0. The zero-order valence-corrected chi connectivity index (χ0v) is 43.3. The fourth-order valence-corrected chi connectivity index (χ4v) is 8.03. The molecule has 0 unspecified atom stereocenters. The third kappa shape index (κ3) is 52.2. The predicted molar refractivity (Wildman–Crippen MR) is 279 cm³/mol. The van der Waals surface area contributed by atoms with Gasteiger partial charge in [0.05, 0.1) is 0 Å². The molecule has 65 heavy (non-hydrogen) atoms. The first-order valence-electron chi connectivity index (χ1n) is 28.1. The van der Waals surface area contributed by atoms with Crippen molar-refractivity contribution in [3.8, 4) is 0 Å². The lowest BCUT2D eigenvalue weighted by Crippen LogP contribution is -2.30. The van der Waals surface area contributed by atoms with Crippen molar-refractivity contribution >= 4 is 17.9 Å². The summed E-state index contributed by atoms with van der Waals surface area (Å²) in [6.45, 7) is 6.59. The molecule has 0 saturated carbocycles. The Balaban J connectivity index is 4.41. The molecule has 6 heteroatoms. The monoisotopic (exact) mass is 911 g/mol. The van der Waals surface area contributed by atoms with Crippen molar-refractivity contribution in [3.05, 3.63) is 48.6 Å². The van der Waals surface area contributed by atoms with E-state index in [9.17, 15) is 14.4 Å². The minimum absolute atomic E-state index is 0.0847. The van der Waals surface area contributed by atoms with Gasteiger partial charge in [0.2, 0.25) is 0 Å². The third-order valence-corrected chi connectivity index (χ3v) is 12.3. The predicted octanol–water partition coefficient (Wildman–Crippen LogP) is 18.7. The summed E-state index contributed by atoms with van der Waals surface area (Å²) in [5.74, 6) is -0.915. The molecule has 6 nitrogen and oxygen atoms in total. The number of carbonyl (C=O) groups is 3. The molecule has 0 aromatic rings. The van der Waals surface area contributed by atoms with E-state index in [0.717, 1.165) is 70.6 Å². The van der Waals surface area contributed by atoms with Gasteiger partial charge in [-0.3, -0.25) is 14.4 Å². The van der Waals surface area contributed by atoms with Gasteiger partial charge in [-0.1, -0.05) is 236 Å². The molecule has 0 aliphatic heterocycles. The maximum absolute atomic E-state index is 12.8. The minimum atomic E-state index is -0.787. The van der Waals surface area contributed by atoms with Gasteiger partial charge in [-0.25, -0.2) is 0 Å². The number of rotatable bonds is 51. The molecule has 0 heterocycles. The van der Waals surface area contributed by atoms with Crippen LogP contribution in [0.15, 0.2) is 48.6 Å². The molecule has 1 atom stereocenters. The standard InChI is InChI=1S/C59H106O6/c1-4-7-10-13-16-19-22-25-28-29-32-35-38-41-44-47-50-53-59(62)65-56(54-63-57(60)51-48-45-42-39-36-33-30-26-23-20-17-14-11-8-5-2)55-64-58(61)52-49-46-43-40-37-34-31-27-24-21-18-15-12-9-6-3/h17,20-21,24,26,30,36,39,56H,4-16,18-19,22-23,25,27-29,31-35,37-38,40-55H2,1-3H3/b20-17-,24-21-,30-26-,39-36-/t56-/m1/s1. The highest BCUT2D eigenvalue weighted by Gasteiger charge is 2.19. The van der Waals surface area contributed by atoms with Crippen LogP contribution in [0.2, 0.25) is 0 Å². The highest BCUT2D eigenvalue weighted by Crippen LogP contribution is 2.16. The maximum Gasteiger partial charge on any atom is 0.306 e. The van der Waals surface area contributed by atoms with Crippen LogP contribution in [-0.4, -0.2) is 37.2 Å². The van der Waals surface area contributed by atoms with Gasteiger partial charge in [-0.05, 0) is 83.5 Å². The van der Waals surface area contributed by atoms with Crippen LogP contribution in [0.4, 0.5) is 0 Å². The summed E-state index contributed by atoms with van der Waals surface area (Å²) in [5.41, 5.74) is 0. The van der Waals surface area contributed by atoms with Crippen LogP contribution in [0.3, 0.4) is 0 Å². The van der Waals surface area contributed by atoms with Gasteiger partial charge in [0.25, 0.3) is 0 Å². The molecule has 378 valence electrons. The Kier molecular flexibility index (Phi) is 51.8. The highest BCUT2D eigenvalue weighted by atomic mass is 16.6. The highest BCUT2D eigenvalue weighted by molar-refractivity contribution is 5.71. The van der Waals surface area contributed by atoms with Gasteiger partial charge in [-0.15, -0.1) is 0 Å². The van der Waals surface area contributed by atoms with Crippen LogP contribution in [0, 0.1) is 0 Å². The molecule has 0 aromatic carbocycles. The van der Waals surface area contributed by atoms with Gasteiger partial charge in [-0.2, -0.15) is 0 Å². The van der Waals surface area contributed by atoms with Gasteiger partial charge < -0.3 is 14.2 Å². The number of allylic oxidation sites excluding steroid dienone is 8. The second-order valence-corrected chi connectivity index (χ2v) is 18.8. The molecule has 0 aliphatic carbocycles. The van der Waals surface area contributed by atoms with Crippen LogP contribution < -0.4 is 0 Å². The fourth-order valence-electron chi connectivity index (χ4n) is 8.03. The van der Waals surface area contributed by atoms with Gasteiger partial charge in [0.15, 0.2) is 6.10 Å². The van der Waals surface area contributed by atoms with E-state index in [1.54, 1.807) is 0 Å². The Bertz CT molecular complexity index is 1140. The van der Waals surface area contributed by atoms with Crippen molar-refractivity contribution in [1.29, 1.82) is 0 Å². The molecular weight excluding hydrogens is 805 g/mol. The topological polar surface area (TPSA) is 78.9 Å². The van der Waals surface area contributed by atoms with E-state index in [2.05, 4.69) is 69.4 Å². The van der Waals surface area contributed by atoms with Gasteiger partial charge in [0.1, 0.15) is 13.2 Å². The summed E-state index contributed by atoms with van der Waals surface area (Å²) in [6, 6.07) is 0. The Morgan fingerprint density at radius 2 is 0.554 bits per heavy atom. The number of hydrogen-bond acceptors (Lipinski definition) is 6. The van der Waals surface area contributed by atoms with Crippen LogP contribution >= 0.6 is 0 Å². The van der Waals surface area contributed by atoms with Gasteiger partial charge in [0, 0.05) is 19.3 Å². The van der Waals surface area contributed by atoms with Crippen LogP contribution in [0.25, 0.3) is 0 Å². The van der Waals surface area contributed by atoms with Crippen LogP contribution in [0.5, 0.6) is 0 Å². The summed E-state index contributed by atoms with van der Waals surface area (Å²) in [7, 11) is 0. The number of ether oxygens (including phenoxy) is 3. The summed E-state index contributed by atoms with van der Waals surface area (Å²) in [4.78, 5) is 38.1. The molecule has 0 fully saturated rings. The second kappa shape index (κ2) is 54.0. The Labute approximate surface area is 403 Å². The summed E-state index contributed by atoms with van der Waals surface area (Å²) < 4.78 is 16.8. The van der Waals surface area contributed by atoms with Crippen molar-refractivity contribution in [2.45, 2.75) is 297 Å². The van der Waals surface area contributed by atoms with Crippen molar-refractivity contribution in [2.75, 3.05) is 13.2 Å². The Morgan fingerprint density at radius 3 is 0.954 bits per heavy atom. The van der Waals surface area contributed by atoms with Crippen LogP contribution in [0.1, 0.15) is 290 Å². The van der Waals surface area contributed by atoms with E-state index < -0.39 is 6.10 Å². The Hall–Kier alpha value is -2.63. The summed E-state index contributed by atoms with van der Waals surface area (Å²) >= 11 is 0. The normalized spacial score (nSPS) is 12.4. The second-order valence-electron chi connectivity index (χ2n) is 18.8. The average Bonchev–Trinajstić information content (AvgIpc) is 3.30. The van der Waals surface area contributed by atoms with E-state index in [-0.39, 0.29) is 31.1 Å². The number of hydrogen-bond donors (Lipinski definition) is 0. The lowest BCUT2D eigenvalue weighted by molar-refractivity contribution is -0.167. The van der Waals surface area contributed by atoms with Crippen molar-refractivity contribution in [3.63, 3.8) is 0 Å². The lowest BCUT2D eigenvalue weighted by Gasteiger charge is -2.18. The third-order valence-electron chi connectivity index (χ3n) is 12.3. The molecule has 0 aromatic heterocycles. The first-order chi connectivity index (χ1) is 32.0. The zero-order valence-electron chi connectivity index (χ0n) is 43.3. The number of unbranched alkanes of at least 4 members (excludes halogenated alkanes) is 32. The van der Waals surface area contributed by atoms with Gasteiger partial charge >= 0.3 is 17.9 Å². The molecule has 0 radical (unpaired) electrons. The Morgan fingerprint density at radius 1 is 0.308 bits per heavy atom. The first-order valence-corrected chi connectivity index (χ1v) is 28.1. The number of carbonyl (C=O) groups excluding carboxylic acids is 3. The average molecular weight is 911 g/mol. The van der Waals surface area contributed by atoms with E-state index in [1.165, 1.54) is 180 Å².